The van der Waals surface area contributed by atoms with Crippen LogP contribution in [0.1, 0.15) is 105 Å². The number of halogens is 3. The zero-order valence-electron chi connectivity index (χ0n) is 20.3. The van der Waals surface area contributed by atoms with Crippen molar-refractivity contribution in [2.45, 2.75) is 124 Å². The van der Waals surface area contributed by atoms with Gasteiger partial charge in [0, 0.05) is 0 Å². The Hall–Kier alpha value is -1.11. The van der Waals surface area contributed by atoms with Crippen LogP contribution in [0.2, 0.25) is 0 Å². The number of unbranched alkanes of at least 4 members (excludes halogenated alkanes) is 5. The summed E-state index contributed by atoms with van der Waals surface area (Å²) < 4.78 is 60.6. The van der Waals surface area contributed by atoms with Crippen LogP contribution in [-0.2, 0) is 14.2 Å². The molecule has 0 aromatic heterocycles. The highest BCUT2D eigenvalue weighted by atomic mass is 19.2. The third kappa shape index (κ3) is 9.11. The van der Waals surface area contributed by atoms with Crippen molar-refractivity contribution in [2.24, 2.45) is 0 Å². The molecule has 1 aromatic carbocycles. The molecule has 1 aromatic rings. The van der Waals surface area contributed by atoms with E-state index in [1.54, 1.807) is 0 Å². The zero-order chi connectivity index (χ0) is 23.6. The van der Waals surface area contributed by atoms with Gasteiger partial charge in [-0.3, -0.25) is 0 Å². The van der Waals surface area contributed by atoms with Crippen LogP contribution in [0.4, 0.5) is 13.2 Å². The minimum Gasteiger partial charge on any atom is -0.324 e. The molecule has 0 radical (unpaired) electrons. The van der Waals surface area contributed by atoms with Crippen molar-refractivity contribution >= 4 is 0 Å². The average molecular weight is 447 g/mol. The first kappa shape index (κ1) is 27.9. The van der Waals surface area contributed by atoms with Gasteiger partial charge in [0.15, 0.2) is 17.5 Å². The summed E-state index contributed by atoms with van der Waals surface area (Å²) in [6.45, 7) is 13.3. The molecule has 6 heteroatoms. The quantitative estimate of drug-likeness (QED) is 0.156. The van der Waals surface area contributed by atoms with Crippen LogP contribution in [0.25, 0.3) is 0 Å². The van der Waals surface area contributed by atoms with Gasteiger partial charge in [-0.2, -0.15) is 0 Å². The average Bonchev–Trinajstić information content (AvgIpc) is 2.63. The van der Waals surface area contributed by atoms with Crippen LogP contribution in [-0.4, -0.2) is 24.3 Å². The van der Waals surface area contributed by atoms with Gasteiger partial charge in [0.1, 0.15) is 0 Å². The summed E-state index contributed by atoms with van der Waals surface area (Å²) in [6, 6.07) is 2.07. The molecule has 1 rings (SSSR count). The van der Waals surface area contributed by atoms with Crippen molar-refractivity contribution in [1.82, 2.24) is 0 Å². The first-order valence-corrected chi connectivity index (χ1v) is 11.7. The first-order valence-electron chi connectivity index (χ1n) is 11.7. The molecular weight excluding hydrogens is 405 g/mol. The number of benzene rings is 1. The summed E-state index contributed by atoms with van der Waals surface area (Å²) in [4.78, 5) is 0. The molecule has 0 N–H and O–H groups in total. The fourth-order valence-electron chi connectivity index (χ4n) is 3.77. The van der Waals surface area contributed by atoms with Gasteiger partial charge in [-0.1, -0.05) is 45.4 Å². The Balaban J connectivity index is 3.38. The summed E-state index contributed by atoms with van der Waals surface area (Å²) in [5.74, 6) is -6.11. The SMILES string of the molecule is CCCCCCCCC(c1cc(F)c(F)c(F)c1)C(OC(C)C)(OC(C)C)OC(C)C. The Bertz CT molecular complexity index is 597. The van der Waals surface area contributed by atoms with Gasteiger partial charge in [0.05, 0.1) is 24.2 Å². The molecule has 0 fully saturated rings. The van der Waals surface area contributed by atoms with E-state index in [-0.39, 0.29) is 23.9 Å². The fourth-order valence-corrected chi connectivity index (χ4v) is 3.77. The lowest BCUT2D eigenvalue weighted by Crippen LogP contribution is -2.49. The molecule has 180 valence electrons. The third-order valence-electron chi connectivity index (χ3n) is 4.88. The Morgan fingerprint density at radius 1 is 0.710 bits per heavy atom. The molecule has 0 heterocycles. The second-order valence-electron chi connectivity index (χ2n) is 9.01. The smallest absolute Gasteiger partial charge is 0.290 e. The molecule has 0 saturated heterocycles. The summed E-state index contributed by atoms with van der Waals surface area (Å²) in [6.07, 6.45) is 6.10. The van der Waals surface area contributed by atoms with Crippen molar-refractivity contribution in [3.63, 3.8) is 0 Å². The number of hydrogen-bond acceptors (Lipinski definition) is 3. The van der Waals surface area contributed by atoms with Crippen molar-refractivity contribution in [3.05, 3.63) is 35.1 Å². The van der Waals surface area contributed by atoms with Crippen LogP contribution in [0.15, 0.2) is 12.1 Å². The van der Waals surface area contributed by atoms with Crippen LogP contribution in [0.5, 0.6) is 0 Å². The summed E-state index contributed by atoms with van der Waals surface area (Å²) in [5, 5.41) is 0. The predicted molar refractivity (Wildman–Crippen MR) is 118 cm³/mol. The molecular formula is C25H41F3O3. The Kier molecular flexibility index (Phi) is 12.1. The van der Waals surface area contributed by atoms with E-state index >= 15 is 0 Å². The molecule has 3 nitrogen and oxygen atoms in total. The molecule has 0 saturated carbocycles. The lowest BCUT2D eigenvalue weighted by Gasteiger charge is -2.43. The third-order valence-corrected chi connectivity index (χ3v) is 4.88. The Labute approximate surface area is 186 Å². The van der Waals surface area contributed by atoms with Crippen molar-refractivity contribution in [3.8, 4) is 0 Å². The van der Waals surface area contributed by atoms with Crippen LogP contribution in [0.3, 0.4) is 0 Å². The van der Waals surface area contributed by atoms with Crippen molar-refractivity contribution in [2.75, 3.05) is 0 Å². The van der Waals surface area contributed by atoms with Gasteiger partial charge >= 0.3 is 0 Å². The monoisotopic (exact) mass is 446 g/mol. The number of rotatable bonds is 15. The molecule has 31 heavy (non-hydrogen) atoms. The topological polar surface area (TPSA) is 27.7 Å². The van der Waals surface area contributed by atoms with Crippen molar-refractivity contribution in [1.29, 1.82) is 0 Å². The second kappa shape index (κ2) is 13.4. The van der Waals surface area contributed by atoms with Crippen molar-refractivity contribution < 1.29 is 27.4 Å². The molecule has 0 aliphatic rings. The maximum Gasteiger partial charge on any atom is 0.290 e. The summed E-state index contributed by atoms with van der Waals surface area (Å²) in [7, 11) is 0. The van der Waals surface area contributed by atoms with E-state index < -0.39 is 29.3 Å². The van der Waals surface area contributed by atoms with Gasteiger partial charge in [-0.25, -0.2) is 13.2 Å². The van der Waals surface area contributed by atoms with E-state index in [0.29, 0.717) is 6.42 Å². The lowest BCUT2D eigenvalue weighted by molar-refractivity contribution is -0.420. The van der Waals surface area contributed by atoms with Crippen LogP contribution >= 0.6 is 0 Å². The fraction of sp³-hybridized carbons (Fsp3) is 0.760. The Morgan fingerprint density at radius 3 is 1.55 bits per heavy atom. The highest BCUT2D eigenvalue weighted by Crippen LogP contribution is 2.41. The van der Waals surface area contributed by atoms with Gasteiger partial charge in [0.2, 0.25) is 0 Å². The molecule has 0 spiro atoms. The Morgan fingerprint density at radius 2 is 1.13 bits per heavy atom. The van der Waals surface area contributed by atoms with Gasteiger partial charge < -0.3 is 14.2 Å². The maximum absolute atomic E-state index is 14.2. The second-order valence-corrected chi connectivity index (χ2v) is 9.01. The number of hydrogen-bond donors (Lipinski definition) is 0. The van der Waals surface area contributed by atoms with Gasteiger partial charge in [0.25, 0.3) is 5.97 Å². The molecule has 0 aliphatic heterocycles. The lowest BCUT2D eigenvalue weighted by atomic mass is 9.89. The maximum atomic E-state index is 14.2. The van der Waals surface area contributed by atoms with E-state index in [9.17, 15) is 13.2 Å². The van der Waals surface area contributed by atoms with E-state index in [1.807, 2.05) is 41.5 Å². The normalized spacial score (nSPS) is 13.6. The van der Waals surface area contributed by atoms with E-state index in [2.05, 4.69) is 6.92 Å². The first-order chi connectivity index (χ1) is 14.5. The largest absolute Gasteiger partial charge is 0.324 e. The minimum absolute atomic E-state index is 0.264. The zero-order valence-corrected chi connectivity index (χ0v) is 20.3. The minimum atomic E-state index is -1.55. The highest BCUT2D eigenvalue weighted by molar-refractivity contribution is 5.25. The van der Waals surface area contributed by atoms with Crippen LogP contribution < -0.4 is 0 Å². The standard InChI is InChI=1S/C25H41F3O3/c1-8-9-10-11-12-13-14-21(20-15-22(26)24(28)23(27)16-20)25(29-17(2)3,30-18(4)5)31-19(6)7/h15-19,21H,8-14H2,1-7H3. The molecule has 1 atom stereocenters. The molecule has 0 aliphatic carbocycles. The van der Waals surface area contributed by atoms with Gasteiger partial charge in [-0.05, 0) is 65.7 Å². The molecule has 0 amide bonds. The summed E-state index contributed by atoms with van der Waals surface area (Å²) in [5.41, 5.74) is 0.270. The van der Waals surface area contributed by atoms with Gasteiger partial charge in [-0.15, -0.1) is 0 Å². The predicted octanol–water partition coefficient (Wildman–Crippen LogP) is 7.87. The number of ether oxygens (including phenoxy) is 3. The highest BCUT2D eigenvalue weighted by Gasteiger charge is 2.46. The van der Waals surface area contributed by atoms with E-state index in [4.69, 9.17) is 14.2 Å². The van der Waals surface area contributed by atoms with E-state index in [0.717, 1.165) is 44.2 Å². The van der Waals surface area contributed by atoms with E-state index in [1.165, 1.54) is 6.42 Å². The van der Waals surface area contributed by atoms with Crippen LogP contribution in [0, 0.1) is 17.5 Å². The molecule has 1 unspecified atom stereocenters. The molecule has 0 bridgehead atoms. The summed E-state index contributed by atoms with van der Waals surface area (Å²) >= 11 is 0.